The number of rotatable bonds is 7. The number of carboxylic acid groups (broad SMARTS) is 1. The zero-order valence-corrected chi connectivity index (χ0v) is 11.7. The maximum atomic E-state index is 13.6. The van der Waals surface area contributed by atoms with Crippen molar-refractivity contribution < 1.29 is 32.2 Å². The van der Waals surface area contributed by atoms with Gasteiger partial charge in [-0.1, -0.05) is 0 Å². The van der Waals surface area contributed by atoms with Crippen molar-refractivity contribution in [1.82, 2.24) is 4.72 Å². The van der Waals surface area contributed by atoms with Crippen LogP contribution in [0.1, 0.15) is 6.92 Å². The Morgan fingerprint density at radius 3 is 2.57 bits per heavy atom. The molecule has 0 unspecified atom stereocenters. The monoisotopic (exact) mass is 320 g/mol. The Bertz CT molecular complexity index is 661. The molecule has 8 nitrogen and oxygen atoms in total. The van der Waals surface area contributed by atoms with Gasteiger partial charge in [-0.05, 0) is 25.1 Å². The van der Waals surface area contributed by atoms with Gasteiger partial charge in [-0.3, -0.25) is 4.79 Å². The molecule has 0 aromatic heterocycles. The van der Waals surface area contributed by atoms with E-state index in [1.165, 1.54) is 6.92 Å². The molecular formula is C11H13FN2O6S. The molecule has 0 heterocycles. The van der Waals surface area contributed by atoms with E-state index in [0.717, 1.165) is 12.1 Å². The second-order valence-electron chi connectivity index (χ2n) is 4.02. The highest BCUT2D eigenvalue weighted by molar-refractivity contribution is 7.89. The predicted octanol–water partition coefficient (Wildman–Crippen LogP) is -0.559. The van der Waals surface area contributed by atoms with E-state index in [-0.39, 0.29) is 0 Å². The normalized spacial score (nSPS) is 12.7. The molecule has 0 fully saturated rings. The molecule has 0 aliphatic rings. The number of carboxylic acids is 1. The highest BCUT2D eigenvalue weighted by Gasteiger charge is 2.21. The topological polar surface area (TPSA) is 136 Å². The lowest BCUT2D eigenvalue weighted by molar-refractivity contribution is -0.139. The molecule has 1 amide bonds. The van der Waals surface area contributed by atoms with Crippen molar-refractivity contribution in [2.24, 2.45) is 5.73 Å². The number of nitrogens with one attached hydrogen (secondary N) is 1. The summed E-state index contributed by atoms with van der Waals surface area (Å²) in [6, 6.07) is 1.46. The first-order valence-corrected chi connectivity index (χ1v) is 7.07. The molecule has 1 atom stereocenters. The van der Waals surface area contributed by atoms with Gasteiger partial charge in [0, 0.05) is 0 Å². The van der Waals surface area contributed by atoms with Crippen LogP contribution >= 0.6 is 0 Å². The molecule has 0 radical (unpaired) electrons. The summed E-state index contributed by atoms with van der Waals surface area (Å²) in [5.41, 5.74) is 4.93. The minimum absolute atomic E-state index is 0.403. The first-order valence-electron chi connectivity index (χ1n) is 5.59. The van der Waals surface area contributed by atoms with Gasteiger partial charge in [0.2, 0.25) is 15.9 Å². The Morgan fingerprint density at radius 1 is 1.48 bits per heavy atom. The van der Waals surface area contributed by atoms with E-state index in [0.29, 0.717) is 6.07 Å². The SMILES string of the molecule is C[C@H](NS(=O)(=O)c1ccc(OCC(=O)O)c(F)c1)C(N)=O. The summed E-state index contributed by atoms with van der Waals surface area (Å²) < 4.78 is 43.9. The molecule has 1 aromatic rings. The van der Waals surface area contributed by atoms with Gasteiger partial charge in [-0.2, -0.15) is 4.72 Å². The molecule has 0 aliphatic heterocycles. The molecule has 116 valence electrons. The number of sulfonamides is 1. The lowest BCUT2D eigenvalue weighted by Crippen LogP contribution is -2.42. The van der Waals surface area contributed by atoms with Crippen LogP contribution in [0.4, 0.5) is 4.39 Å². The maximum absolute atomic E-state index is 13.6. The van der Waals surface area contributed by atoms with Gasteiger partial charge >= 0.3 is 5.97 Å². The van der Waals surface area contributed by atoms with Gasteiger partial charge in [-0.25, -0.2) is 17.6 Å². The fraction of sp³-hybridized carbons (Fsp3) is 0.273. The molecule has 0 saturated heterocycles. The van der Waals surface area contributed by atoms with E-state index in [1.54, 1.807) is 0 Å². The van der Waals surface area contributed by atoms with E-state index in [9.17, 15) is 22.4 Å². The smallest absolute Gasteiger partial charge is 0.341 e. The predicted molar refractivity (Wildman–Crippen MR) is 68.5 cm³/mol. The summed E-state index contributed by atoms with van der Waals surface area (Å²) in [6.45, 7) is 0.473. The third-order valence-electron chi connectivity index (χ3n) is 2.32. The van der Waals surface area contributed by atoms with Crippen molar-refractivity contribution in [1.29, 1.82) is 0 Å². The molecule has 0 saturated carbocycles. The lowest BCUT2D eigenvalue weighted by Gasteiger charge is -2.12. The summed E-state index contributed by atoms with van der Waals surface area (Å²) in [4.78, 5) is 20.7. The van der Waals surface area contributed by atoms with Gasteiger partial charge in [0.1, 0.15) is 0 Å². The van der Waals surface area contributed by atoms with Gasteiger partial charge < -0.3 is 15.6 Å². The summed E-state index contributed by atoms with van der Waals surface area (Å²) in [6.07, 6.45) is 0. The number of carbonyl (C=O) groups excluding carboxylic acids is 1. The van der Waals surface area contributed by atoms with E-state index < -0.39 is 51.0 Å². The third-order valence-corrected chi connectivity index (χ3v) is 3.86. The molecule has 10 heteroatoms. The van der Waals surface area contributed by atoms with Gasteiger partial charge in [0.05, 0.1) is 10.9 Å². The zero-order valence-electron chi connectivity index (χ0n) is 10.9. The van der Waals surface area contributed by atoms with Crippen LogP contribution in [-0.4, -0.2) is 38.0 Å². The highest BCUT2D eigenvalue weighted by Crippen LogP contribution is 2.21. The quantitative estimate of drug-likeness (QED) is 0.616. The molecule has 21 heavy (non-hydrogen) atoms. The Kier molecular flexibility index (Phi) is 5.22. The number of ether oxygens (including phenoxy) is 1. The van der Waals surface area contributed by atoms with E-state index in [4.69, 9.17) is 10.8 Å². The second-order valence-corrected chi connectivity index (χ2v) is 5.73. The number of benzene rings is 1. The fourth-order valence-corrected chi connectivity index (χ4v) is 2.49. The molecule has 4 N–H and O–H groups in total. The van der Waals surface area contributed by atoms with Crippen molar-refractivity contribution in [3.63, 3.8) is 0 Å². The summed E-state index contributed by atoms with van der Waals surface area (Å²) in [7, 11) is -4.14. The Hall–Kier alpha value is -2.20. The van der Waals surface area contributed by atoms with Crippen molar-refractivity contribution in [3.05, 3.63) is 24.0 Å². The minimum atomic E-state index is -4.14. The first-order chi connectivity index (χ1) is 9.63. The van der Waals surface area contributed by atoms with Gasteiger partial charge in [0.25, 0.3) is 0 Å². The third kappa shape index (κ3) is 4.68. The number of primary amides is 1. The van der Waals surface area contributed by atoms with Crippen LogP contribution in [0.25, 0.3) is 0 Å². The average Bonchev–Trinajstić information content (AvgIpc) is 2.36. The Balaban J connectivity index is 2.97. The van der Waals surface area contributed by atoms with E-state index in [1.807, 2.05) is 4.72 Å². The minimum Gasteiger partial charge on any atom is -0.479 e. The van der Waals surface area contributed by atoms with Gasteiger partial charge in [0.15, 0.2) is 18.2 Å². The van der Waals surface area contributed by atoms with Crippen molar-refractivity contribution in [2.45, 2.75) is 17.9 Å². The van der Waals surface area contributed by atoms with Crippen molar-refractivity contribution in [2.75, 3.05) is 6.61 Å². The van der Waals surface area contributed by atoms with Gasteiger partial charge in [-0.15, -0.1) is 0 Å². The Labute approximate surface area is 119 Å². The molecule has 0 bridgehead atoms. The molecule has 1 aromatic carbocycles. The standard InChI is InChI=1S/C11H13FN2O6S/c1-6(11(13)17)14-21(18,19)7-2-3-9(8(12)4-7)20-5-10(15)16/h2-4,6,14H,5H2,1H3,(H2,13,17)(H,15,16)/t6-/m0/s1. The van der Waals surface area contributed by atoms with Crippen LogP contribution in [0.15, 0.2) is 23.1 Å². The van der Waals surface area contributed by atoms with E-state index >= 15 is 0 Å². The number of carbonyl (C=O) groups is 2. The summed E-state index contributed by atoms with van der Waals surface area (Å²) in [5.74, 6) is -3.64. The lowest BCUT2D eigenvalue weighted by atomic mass is 10.3. The molecule has 0 spiro atoms. The molecular weight excluding hydrogens is 307 g/mol. The number of halogens is 1. The van der Waals surface area contributed by atoms with Crippen LogP contribution in [0, 0.1) is 5.82 Å². The maximum Gasteiger partial charge on any atom is 0.341 e. The number of amides is 1. The van der Waals surface area contributed by atoms with Crippen LogP contribution < -0.4 is 15.2 Å². The summed E-state index contributed by atoms with van der Waals surface area (Å²) >= 11 is 0. The van der Waals surface area contributed by atoms with Crippen LogP contribution in [0.3, 0.4) is 0 Å². The summed E-state index contributed by atoms with van der Waals surface area (Å²) in [5, 5.41) is 8.40. The largest absolute Gasteiger partial charge is 0.479 e. The fourth-order valence-electron chi connectivity index (χ4n) is 1.26. The van der Waals surface area contributed by atoms with Crippen LogP contribution in [-0.2, 0) is 19.6 Å². The number of hydrogen-bond donors (Lipinski definition) is 3. The van der Waals surface area contributed by atoms with E-state index in [2.05, 4.69) is 4.74 Å². The first kappa shape index (κ1) is 16.9. The van der Waals surface area contributed by atoms with Crippen molar-refractivity contribution >= 4 is 21.9 Å². The number of aliphatic carboxylic acids is 1. The molecule has 0 aliphatic carbocycles. The zero-order chi connectivity index (χ0) is 16.2. The Morgan fingerprint density at radius 2 is 2.10 bits per heavy atom. The average molecular weight is 320 g/mol. The highest BCUT2D eigenvalue weighted by atomic mass is 32.2. The van der Waals surface area contributed by atoms with Crippen molar-refractivity contribution in [3.8, 4) is 5.75 Å². The molecule has 1 rings (SSSR count). The van der Waals surface area contributed by atoms with Crippen LogP contribution in [0.5, 0.6) is 5.75 Å². The number of nitrogens with two attached hydrogens (primary N) is 1. The number of hydrogen-bond acceptors (Lipinski definition) is 5. The second kappa shape index (κ2) is 6.50. The van der Waals surface area contributed by atoms with Crippen LogP contribution in [0.2, 0.25) is 0 Å².